The number of ether oxygens (including phenoxy) is 1. The summed E-state index contributed by atoms with van der Waals surface area (Å²) < 4.78 is 42.6. The molecule has 0 radical (unpaired) electrons. The van der Waals surface area contributed by atoms with E-state index in [-0.39, 0.29) is 49.8 Å². The molecule has 0 aliphatic carbocycles. The number of benzene rings is 3. The Balaban J connectivity index is 1.36. The van der Waals surface area contributed by atoms with Crippen molar-refractivity contribution in [2.24, 2.45) is 0 Å². The van der Waals surface area contributed by atoms with E-state index in [1.54, 1.807) is 36.6 Å². The summed E-state index contributed by atoms with van der Waals surface area (Å²) in [4.78, 5) is 67.6. The fourth-order valence-electron chi connectivity index (χ4n) is 4.76. The Morgan fingerprint density at radius 1 is 0.935 bits per heavy atom. The van der Waals surface area contributed by atoms with Crippen molar-refractivity contribution in [2.75, 3.05) is 50.6 Å². The lowest BCUT2D eigenvalue weighted by atomic mass is 10.0. The monoisotopic (exact) mass is 639 g/mol. The number of amides is 5. The van der Waals surface area contributed by atoms with Crippen LogP contribution in [0.1, 0.15) is 15.9 Å². The molecule has 0 bridgehead atoms. The topological polar surface area (TPSA) is 128 Å². The van der Waals surface area contributed by atoms with Crippen LogP contribution in [-0.4, -0.2) is 91.9 Å². The Morgan fingerprint density at radius 3 is 2.17 bits per heavy atom. The Morgan fingerprint density at radius 2 is 1.59 bits per heavy atom. The standard InChI is InChI=1S/C32H32F3N5O6/c1-38(24-12-14-25(46-2)15-13-24)30(44)26(18-21-6-4-3-5-7-21)37-27(41)19-39-16-17-40(20-28(39)42)29(43)22-8-10-23(11-9-22)36-31(45)32(33,34)35/h3-15,26H,16-20H2,1-2H3,(H,36,45)(H,37,41)/t26-/m0/s1. The first-order chi connectivity index (χ1) is 21.8. The number of halogens is 3. The second-order valence-electron chi connectivity index (χ2n) is 10.5. The van der Waals surface area contributed by atoms with Crippen LogP contribution in [0.4, 0.5) is 24.5 Å². The average molecular weight is 640 g/mol. The number of carbonyl (C=O) groups is 5. The van der Waals surface area contributed by atoms with Crippen LogP contribution in [0.25, 0.3) is 0 Å². The number of nitrogens with zero attached hydrogens (tertiary/aromatic N) is 3. The number of hydrogen-bond donors (Lipinski definition) is 2. The van der Waals surface area contributed by atoms with Crippen LogP contribution in [0.15, 0.2) is 78.9 Å². The first-order valence-electron chi connectivity index (χ1n) is 14.2. The summed E-state index contributed by atoms with van der Waals surface area (Å²) in [5, 5.41) is 4.46. The van der Waals surface area contributed by atoms with Crippen molar-refractivity contribution in [2.45, 2.75) is 18.6 Å². The highest BCUT2D eigenvalue weighted by Gasteiger charge is 2.38. The predicted molar refractivity (Wildman–Crippen MR) is 162 cm³/mol. The van der Waals surface area contributed by atoms with Crippen molar-refractivity contribution in [3.8, 4) is 5.75 Å². The van der Waals surface area contributed by atoms with Crippen molar-refractivity contribution in [1.29, 1.82) is 0 Å². The Hall–Kier alpha value is -5.40. The van der Waals surface area contributed by atoms with E-state index in [1.165, 1.54) is 33.9 Å². The van der Waals surface area contributed by atoms with Gasteiger partial charge in [0.1, 0.15) is 18.3 Å². The van der Waals surface area contributed by atoms with Gasteiger partial charge >= 0.3 is 12.1 Å². The molecule has 242 valence electrons. The molecule has 11 nitrogen and oxygen atoms in total. The van der Waals surface area contributed by atoms with E-state index in [0.29, 0.717) is 11.4 Å². The number of hydrogen-bond acceptors (Lipinski definition) is 6. The van der Waals surface area contributed by atoms with E-state index in [2.05, 4.69) is 5.32 Å². The molecule has 14 heteroatoms. The van der Waals surface area contributed by atoms with Gasteiger partial charge in [-0.25, -0.2) is 0 Å². The molecule has 1 aliphatic rings. The van der Waals surface area contributed by atoms with Crippen LogP contribution in [0.3, 0.4) is 0 Å². The smallest absolute Gasteiger partial charge is 0.471 e. The minimum atomic E-state index is -5.06. The number of carbonyl (C=O) groups excluding carboxylic acids is 5. The van der Waals surface area contributed by atoms with Gasteiger partial charge in [-0.15, -0.1) is 0 Å². The molecule has 0 spiro atoms. The summed E-state index contributed by atoms with van der Waals surface area (Å²) >= 11 is 0. The van der Waals surface area contributed by atoms with Gasteiger partial charge in [-0.3, -0.25) is 24.0 Å². The fourth-order valence-corrected chi connectivity index (χ4v) is 4.76. The van der Waals surface area contributed by atoms with Gasteiger partial charge in [0, 0.05) is 43.5 Å². The molecule has 0 saturated carbocycles. The summed E-state index contributed by atoms with van der Waals surface area (Å²) in [5.74, 6) is -3.48. The Bertz CT molecular complexity index is 1570. The quantitative estimate of drug-likeness (QED) is 0.351. The maximum atomic E-state index is 13.5. The van der Waals surface area contributed by atoms with Crippen molar-refractivity contribution in [3.05, 3.63) is 90.0 Å². The lowest BCUT2D eigenvalue weighted by Crippen LogP contribution is -2.56. The van der Waals surface area contributed by atoms with Gasteiger partial charge in [0.25, 0.3) is 5.91 Å². The molecule has 3 aromatic rings. The molecule has 1 aliphatic heterocycles. The zero-order chi connectivity index (χ0) is 33.4. The molecule has 1 atom stereocenters. The van der Waals surface area contributed by atoms with Gasteiger partial charge in [0.2, 0.25) is 17.7 Å². The van der Waals surface area contributed by atoms with E-state index in [4.69, 9.17) is 4.74 Å². The van der Waals surface area contributed by atoms with Crippen LogP contribution >= 0.6 is 0 Å². The molecule has 3 aromatic carbocycles. The largest absolute Gasteiger partial charge is 0.497 e. The van der Waals surface area contributed by atoms with Crippen LogP contribution in [-0.2, 0) is 25.6 Å². The zero-order valence-corrected chi connectivity index (χ0v) is 25.0. The Labute approximate surface area is 262 Å². The number of anilines is 2. The second kappa shape index (κ2) is 14.6. The van der Waals surface area contributed by atoms with E-state index >= 15 is 0 Å². The molecule has 5 amide bonds. The molecular weight excluding hydrogens is 607 g/mol. The van der Waals surface area contributed by atoms with Gasteiger partial charge < -0.3 is 30.1 Å². The third-order valence-corrected chi connectivity index (χ3v) is 7.29. The lowest BCUT2D eigenvalue weighted by molar-refractivity contribution is -0.167. The zero-order valence-electron chi connectivity index (χ0n) is 25.0. The fraction of sp³-hybridized carbons (Fsp3) is 0.281. The van der Waals surface area contributed by atoms with E-state index in [0.717, 1.165) is 17.7 Å². The average Bonchev–Trinajstić information content (AvgIpc) is 3.04. The van der Waals surface area contributed by atoms with Gasteiger partial charge in [0.15, 0.2) is 0 Å². The van der Waals surface area contributed by atoms with Crippen molar-refractivity contribution in [3.63, 3.8) is 0 Å². The third kappa shape index (κ3) is 8.61. The summed E-state index contributed by atoms with van der Waals surface area (Å²) in [5.41, 5.74) is 1.37. The number of alkyl halides is 3. The van der Waals surface area contributed by atoms with Gasteiger partial charge in [-0.05, 0) is 54.1 Å². The summed E-state index contributed by atoms with van der Waals surface area (Å²) in [6.45, 7) is -0.525. The van der Waals surface area contributed by atoms with Crippen LogP contribution in [0, 0.1) is 0 Å². The third-order valence-electron chi connectivity index (χ3n) is 7.29. The van der Waals surface area contributed by atoms with Crippen molar-refractivity contribution >= 4 is 40.9 Å². The van der Waals surface area contributed by atoms with Gasteiger partial charge in [0.05, 0.1) is 13.7 Å². The number of methoxy groups -OCH3 is 1. The Kier molecular flexibility index (Phi) is 10.6. The first-order valence-corrected chi connectivity index (χ1v) is 14.2. The van der Waals surface area contributed by atoms with Crippen LogP contribution in [0.2, 0.25) is 0 Å². The highest BCUT2D eigenvalue weighted by atomic mass is 19.4. The SMILES string of the molecule is COc1ccc(N(C)C(=O)[C@H](Cc2ccccc2)NC(=O)CN2CCN(C(=O)c3ccc(NC(=O)C(F)(F)F)cc3)CC2=O)cc1. The minimum Gasteiger partial charge on any atom is -0.497 e. The highest BCUT2D eigenvalue weighted by Crippen LogP contribution is 2.21. The highest BCUT2D eigenvalue weighted by molar-refractivity contribution is 6.01. The second-order valence-corrected chi connectivity index (χ2v) is 10.5. The minimum absolute atomic E-state index is 0.0424. The molecule has 4 rings (SSSR count). The summed E-state index contributed by atoms with van der Waals surface area (Å²) in [6.07, 6.45) is -4.85. The van der Waals surface area contributed by atoms with Gasteiger partial charge in [-0.1, -0.05) is 30.3 Å². The van der Waals surface area contributed by atoms with Crippen molar-refractivity contribution in [1.82, 2.24) is 15.1 Å². The molecule has 1 fully saturated rings. The molecule has 0 unspecified atom stereocenters. The summed E-state index contributed by atoms with van der Waals surface area (Å²) in [7, 11) is 3.13. The summed E-state index contributed by atoms with van der Waals surface area (Å²) in [6, 6.07) is 19.9. The number of piperazine rings is 1. The number of nitrogens with one attached hydrogen (secondary N) is 2. The maximum Gasteiger partial charge on any atom is 0.471 e. The van der Waals surface area contributed by atoms with Crippen molar-refractivity contribution < 1.29 is 41.9 Å². The molecule has 0 aromatic heterocycles. The predicted octanol–water partition coefficient (Wildman–Crippen LogP) is 2.87. The van der Waals surface area contributed by atoms with E-state index in [9.17, 15) is 37.1 Å². The molecule has 1 heterocycles. The van der Waals surface area contributed by atoms with Crippen LogP contribution < -0.4 is 20.3 Å². The van der Waals surface area contributed by atoms with Crippen LogP contribution in [0.5, 0.6) is 5.75 Å². The molecule has 2 N–H and O–H groups in total. The number of rotatable bonds is 10. The molecule has 46 heavy (non-hydrogen) atoms. The molecule has 1 saturated heterocycles. The first kappa shape index (κ1) is 33.5. The number of likely N-dealkylation sites (N-methyl/N-ethyl adjacent to an activating group) is 1. The van der Waals surface area contributed by atoms with E-state index in [1.807, 2.05) is 30.3 Å². The normalized spacial score (nSPS) is 13.9. The molecular formula is C32H32F3N5O6. The maximum absolute atomic E-state index is 13.5. The van der Waals surface area contributed by atoms with E-state index < -0.39 is 35.8 Å². The lowest BCUT2D eigenvalue weighted by Gasteiger charge is -2.34. The van der Waals surface area contributed by atoms with Gasteiger partial charge in [-0.2, -0.15) is 13.2 Å².